The average Bonchev–Trinajstić information content (AvgIpc) is 2.47. The molecule has 0 amide bonds. The van der Waals surface area contributed by atoms with Crippen LogP contribution in [0.15, 0.2) is 30.3 Å². The van der Waals surface area contributed by atoms with E-state index in [0.717, 1.165) is 18.2 Å². The smallest absolute Gasteiger partial charge is 0.0916 e. The number of hydrogen-bond acceptors (Lipinski definition) is 3. The van der Waals surface area contributed by atoms with Gasteiger partial charge in [0.1, 0.15) is 0 Å². The minimum atomic E-state index is -0.384. The van der Waals surface area contributed by atoms with E-state index in [2.05, 4.69) is 23.9 Å². The van der Waals surface area contributed by atoms with Gasteiger partial charge in [-0.25, -0.2) is 0 Å². The Kier molecular flexibility index (Phi) is 6.02. The third-order valence-corrected chi connectivity index (χ3v) is 4.43. The zero-order valence-corrected chi connectivity index (χ0v) is 12.8. The number of likely N-dealkylation sites (N-methyl/N-ethyl adjacent to an activating group) is 1. The van der Waals surface area contributed by atoms with Gasteiger partial charge >= 0.3 is 0 Å². The van der Waals surface area contributed by atoms with Gasteiger partial charge < -0.3 is 14.9 Å². The number of hydrogen-bond donors (Lipinski definition) is 1. The number of piperidine rings is 1. The molecule has 3 heteroatoms. The lowest BCUT2D eigenvalue weighted by Crippen LogP contribution is -2.39. The van der Waals surface area contributed by atoms with Crippen LogP contribution in [0.1, 0.15) is 37.4 Å². The predicted octanol–water partition coefficient (Wildman–Crippen LogP) is 2.53. The van der Waals surface area contributed by atoms with Crippen LogP contribution in [0.4, 0.5) is 0 Å². The fourth-order valence-electron chi connectivity index (χ4n) is 3.05. The number of nitrogens with zero attached hydrogens (tertiary/aromatic N) is 2. The summed E-state index contributed by atoms with van der Waals surface area (Å²) in [4.78, 5) is 4.74. The molecule has 1 aromatic carbocycles. The van der Waals surface area contributed by atoms with Gasteiger partial charge in [-0.3, -0.25) is 0 Å². The maximum absolute atomic E-state index is 10.2. The zero-order chi connectivity index (χ0) is 14.4. The number of aliphatic hydroxyl groups is 1. The highest BCUT2D eigenvalue weighted by molar-refractivity contribution is 5.17. The highest BCUT2D eigenvalue weighted by Gasteiger charge is 2.19. The van der Waals surface area contributed by atoms with Gasteiger partial charge in [-0.2, -0.15) is 0 Å². The molecule has 1 heterocycles. The van der Waals surface area contributed by atoms with Gasteiger partial charge in [0, 0.05) is 12.6 Å². The Morgan fingerprint density at radius 1 is 1.30 bits per heavy atom. The topological polar surface area (TPSA) is 26.7 Å². The second-order valence-electron chi connectivity index (χ2n) is 6.11. The van der Waals surface area contributed by atoms with Crippen molar-refractivity contribution in [3.8, 4) is 0 Å². The third kappa shape index (κ3) is 4.58. The molecule has 20 heavy (non-hydrogen) atoms. The lowest BCUT2D eigenvalue weighted by atomic mass is 10.00. The molecule has 1 saturated heterocycles. The van der Waals surface area contributed by atoms with Crippen LogP contribution in [0.3, 0.4) is 0 Å². The normalized spacial score (nSPS) is 22.1. The van der Waals surface area contributed by atoms with E-state index in [-0.39, 0.29) is 6.10 Å². The van der Waals surface area contributed by atoms with Crippen LogP contribution in [0, 0.1) is 0 Å². The fourth-order valence-corrected chi connectivity index (χ4v) is 3.05. The second-order valence-corrected chi connectivity index (χ2v) is 6.11. The Labute approximate surface area is 123 Å². The minimum Gasteiger partial charge on any atom is -0.387 e. The molecule has 2 unspecified atom stereocenters. The van der Waals surface area contributed by atoms with E-state index in [1.807, 2.05) is 30.3 Å². The maximum atomic E-state index is 10.2. The molecule has 2 atom stereocenters. The van der Waals surface area contributed by atoms with E-state index >= 15 is 0 Å². The summed E-state index contributed by atoms with van der Waals surface area (Å²) in [7, 11) is 4.34. The van der Waals surface area contributed by atoms with Crippen molar-refractivity contribution < 1.29 is 5.11 Å². The van der Waals surface area contributed by atoms with Crippen LogP contribution in [0.5, 0.6) is 0 Å². The summed E-state index contributed by atoms with van der Waals surface area (Å²) in [6.45, 7) is 3.00. The summed E-state index contributed by atoms with van der Waals surface area (Å²) in [5.41, 5.74) is 1.01. The predicted molar refractivity (Wildman–Crippen MR) is 83.8 cm³/mol. The first-order valence-electron chi connectivity index (χ1n) is 7.78. The van der Waals surface area contributed by atoms with Crippen molar-refractivity contribution in [2.75, 3.05) is 33.7 Å². The van der Waals surface area contributed by atoms with E-state index in [0.29, 0.717) is 6.54 Å². The summed E-state index contributed by atoms with van der Waals surface area (Å²) in [6.07, 6.45) is 4.85. The Morgan fingerprint density at radius 3 is 2.75 bits per heavy atom. The number of likely N-dealkylation sites (tertiary alicyclic amines) is 1. The Bertz CT molecular complexity index is 382. The molecule has 0 radical (unpaired) electrons. The molecule has 1 aromatic rings. The van der Waals surface area contributed by atoms with Crippen molar-refractivity contribution in [3.05, 3.63) is 35.9 Å². The van der Waals surface area contributed by atoms with E-state index in [1.54, 1.807) is 0 Å². The lowest BCUT2D eigenvalue weighted by molar-refractivity contribution is 0.112. The first kappa shape index (κ1) is 15.5. The van der Waals surface area contributed by atoms with Crippen molar-refractivity contribution in [2.24, 2.45) is 0 Å². The number of rotatable bonds is 6. The molecule has 0 bridgehead atoms. The van der Waals surface area contributed by atoms with Gasteiger partial charge in [-0.1, -0.05) is 36.8 Å². The lowest BCUT2D eigenvalue weighted by Gasteiger charge is -2.33. The second kappa shape index (κ2) is 7.77. The van der Waals surface area contributed by atoms with Crippen LogP contribution < -0.4 is 0 Å². The molecule has 2 rings (SSSR count). The first-order valence-corrected chi connectivity index (χ1v) is 7.78. The van der Waals surface area contributed by atoms with Gasteiger partial charge in [-0.05, 0) is 52.0 Å². The summed E-state index contributed by atoms with van der Waals surface area (Å²) in [6, 6.07) is 10.7. The Morgan fingerprint density at radius 2 is 2.05 bits per heavy atom. The molecule has 0 aliphatic carbocycles. The quantitative estimate of drug-likeness (QED) is 0.865. The molecule has 1 N–H and O–H groups in total. The van der Waals surface area contributed by atoms with Crippen LogP contribution in [0.25, 0.3) is 0 Å². The molecular weight excluding hydrogens is 248 g/mol. The maximum Gasteiger partial charge on any atom is 0.0916 e. The van der Waals surface area contributed by atoms with Crippen molar-refractivity contribution in [2.45, 2.75) is 37.8 Å². The molecule has 0 aromatic heterocycles. The van der Waals surface area contributed by atoms with Gasteiger partial charge in [-0.15, -0.1) is 0 Å². The van der Waals surface area contributed by atoms with Crippen molar-refractivity contribution in [1.29, 1.82) is 0 Å². The van der Waals surface area contributed by atoms with Gasteiger partial charge in [0.05, 0.1) is 6.10 Å². The first-order chi connectivity index (χ1) is 9.66. The number of aliphatic hydroxyl groups excluding tert-OH is 1. The van der Waals surface area contributed by atoms with E-state index < -0.39 is 0 Å². The number of benzene rings is 1. The SMILES string of the molecule is CN(CCC1CCCCN1C)CC(O)c1ccccc1. The molecule has 0 spiro atoms. The van der Waals surface area contributed by atoms with E-state index in [1.165, 1.54) is 32.2 Å². The zero-order valence-electron chi connectivity index (χ0n) is 12.8. The largest absolute Gasteiger partial charge is 0.387 e. The van der Waals surface area contributed by atoms with Crippen molar-refractivity contribution in [1.82, 2.24) is 9.80 Å². The Balaban J connectivity index is 1.73. The average molecular weight is 276 g/mol. The van der Waals surface area contributed by atoms with Gasteiger partial charge in [0.15, 0.2) is 0 Å². The Hall–Kier alpha value is -0.900. The molecule has 1 aliphatic heterocycles. The van der Waals surface area contributed by atoms with Crippen LogP contribution in [-0.2, 0) is 0 Å². The minimum absolute atomic E-state index is 0.384. The highest BCUT2D eigenvalue weighted by Crippen LogP contribution is 2.18. The summed E-state index contributed by atoms with van der Waals surface area (Å²) in [5, 5.41) is 10.2. The summed E-state index contributed by atoms with van der Waals surface area (Å²) >= 11 is 0. The monoisotopic (exact) mass is 276 g/mol. The highest BCUT2D eigenvalue weighted by atomic mass is 16.3. The van der Waals surface area contributed by atoms with E-state index in [4.69, 9.17) is 0 Å². The van der Waals surface area contributed by atoms with Gasteiger partial charge in [0.2, 0.25) is 0 Å². The third-order valence-electron chi connectivity index (χ3n) is 4.43. The van der Waals surface area contributed by atoms with E-state index in [9.17, 15) is 5.11 Å². The molecule has 1 aliphatic rings. The fraction of sp³-hybridized carbons (Fsp3) is 0.647. The standard InChI is InChI=1S/C17H28N2O/c1-18(13-11-16-10-6-7-12-19(16)2)14-17(20)15-8-4-3-5-9-15/h3-5,8-9,16-17,20H,6-7,10-14H2,1-2H3. The molecular formula is C17H28N2O. The van der Waals surface area contributed by atoms with Crippen LogP contribution >= 0.6 is 0 Å². The summed E-state index contributed by atoms with van der Waals surface area (Å²) in [5.74, 6) is 0. The molecule has 112 valence electrons. The van der Waals surface area contributed by atoms with Crippen LogP contribution in [0.2, 0.25) is 0 Å². The van der Waals surface area contributed by atoms with Crippen molar-refractivity contribution >= 4 is 0 Å². The van der Waals surface area contributed by atoms with Crippen molar-refractivity contribution in [3.63, 3.8) is 0 Å². The molecule has 0 saturated carbocycles. The van der Waals surface area contributed by atoms with Crippen LogP contribution in [-0.4, -0.2) is 54.7 Å². The molecule has 1 fully saturated rings. The van der Waals surface area contributed by atoms with Gasteiger partial charge in [0.25, 0.3) is 0 Å². The molecule has 3 nitrogen and oxygen atoms in total. The summed E-state index contributed by atoms with van der Waals surface area (Å²) < 4.78 is 0.